The first-order valence-corrected chi connectivity index (χ1v) is 4.41. The molecule has 0 aromatic heterocycles. The molecule has 3 N–H and O–H groups in total. The maximum Gasteiger partial charge on any atom is 1.00 e. The predicted molar refractivity (Wildman–Crippen MR) is 45.8 cm³/mol. The first kappa shape index (κ1) is 23.8. The van der Waals surface area contributed by atoms with Crippen molar-refractivity contribution < 1.29 is 102 Å². The standard InChI is InChI=1S/C6H3F8N2.BH3O3.K/c7-4(8,6(11,12)13)3-15-2-1-5(9,10)16(15)14;2-1(3)4;/h2H,3H2;2-4H;/q-1;;+1. The fraction of sp³-hybridized carbons (Fsp3) is 0.667. The number of hydrogen-bond acceptors (Lipinski definition) is 5. The average Bonchev–Trinajstić information content (AvgIpc) is 2.42. The first-order chi connectivity index (χ1) is 8.71. The molecule has 0 atom stereocenters. The van der Waals surface area contributed by atoms with Crippen molar-refractivity contribution in [2.75, 3.05) is 6.54 Å². The van der Waals surface area contributed by atoms with Crippen molar-refractivity contribution in [3.8, 4) is 0 Å². The summed E-state index contributed by atoms with van der Waals surface area (Å²) in [6.07, 6.45) is -4.97. The molecule has 5 nitrogen and oxygen atoms in total. The van der Waals surface area contributed by atoms with Crippen LogP contribution in [0.2, 0.25) is 0 Å². The van der Waals surface area contributed by atoms with E-state index in [1.807, 2.05) is 0 Å². The van der Waals surface area contributed by atoms with E-state index in [-0.39, 0.29) is 57.6 Å². The number of halogens is 8. The van der Waals surface area contributed by atoms with Gasteiger partial charge in [0.05, 0.1) is 0 Å². The third-order valence-corrected chi connectivity index (χ3v) is 1.62. The van der Waals surface area contributed by atoms with Gasteiger partial charge in [-0.15, -0.1) is 4.48 Å². The molecule has 0 radical (unpaired) electrons. The largest absolute Gasteiger partial charge is 1.00 e. The van der Waals surface area contributed by atoms with Gasteiger partial charge in [0.1, 0.15) is 6.54 Å². The molecule has 0 saturated heterocycles. The van der Waals surface area contributed by atoms with Crippen molar-refractivity contribution in [2.24, 2.45) is 0 Å². The Morgan fingerprint density at radius 3 is 1.71 bits per heavy atom. The second kappa shape index (κ2) is 8.39. The van der Waals surface area contributed by atoms with Crippen LogP contribution in [-0.4, -0.2) is 57.3 Å². The summed E-state index contributed by atoms with van der Waals surface area (Å²) in [4.78, 5) is 0. The van der Waals surface area contributed by atoms with Gasteiger partial charge in [-0.25, -0.2) is 8.78 Å². The zero-order valence-corrected chi connectivity index (χ0v) is 13.2. The topological polar surface area (TPSA) is 67.2 Å². The van der Waals surface area contributed by atoms with Crippen LogP contribution < -0.4 is 51.4 Å². The number of alkyl halides is 7. The molecule has 0 fully saturated rings. The third kappa shape index (κ3) is 7.56. The Kier molecular flexibility index (Phi) is 9.51. The smallest absolute Gasteiger partial charge is 0.402 e. The van der Waals surface area contributed by atoms with Gasteiger partial charge in [0, 0.05) is 0 Å². The molecule has 0 bridgehead atoms. The van der Waals surface area contributed by atoms with Gasteiger partial charge in [0.2, 0.25) is 6.05 Å². The number of hydrogen-bond donors (Lipinski definition) is 3. The normalized spacial score (nSPS) is 18.0. The molecule has 0 aromatic carbocycles. The predicted octanol–water partition coefficient (Wildman–Crippen LogP) is -2.54. The first-order valence-electron chi connectivity index (χ1n) is 4.41. The molecule has 21 heavy (non-hydrogen) atoms. The van der Waals surface area contributed by atoms with Gasteiger partial charge in [0.25, 0.3) is 0 Å². The van der Waals surface area contributed by atoms with Crippen LogP contribution in [0.5, 0.6) is 0 Å². The zero-order chi connectivity index (χ0) is 16.4. The minimum absolute atomic E-state index is 0. The second-order valence-corrected chi connectivity index (χ2v) is 3.22. The van der Waals surface area contributed by atoms with Crippen molar-refractivity contribution in [3.63, 3.8) is 0 Å². The van der Waals surface area contributed by atoms with Crippen LogP contribution in [0.1, 0.15) is 0 Å². The van der Waals surface area contributed by atoms with Crippen molar-refractivity contribution in [1.29, 1.82) is 0 Å². The zero-order valence-electron chi connectivity index (χ0n) is 10.1. The molecule has 0 saturated carbocycles. The number of nitrogens with zero attached hydrogens (tertiary/aromatic N) is 2. The fourth-order valence-corrected chi connectivity index (χ4v) is 0.818. The summed E-state index contributed by atoms with van der Waals surface area (Å²) in [7, 11) is -2.17. The SMILES string of the molecule is FN1N(CC(F)(F)C(F)(F)F)C=[C-]C1(F)F.OB(O)O.[K+]. The molecular formula is C6H6BF8KN2O3. The Bertz CT molecular complexity index is 353. The second-order valence-electron chi connectivity index (χ2n) is 3.22. The fourth-order valence-electron chi connectivity index (χ4n) is 0.818. The molecule has 1 aliphatic heterocycles. The minimum Gasteiger partial charge on any atom is -0.402 e. The van der Waals surface area contributed by atoms with Crippen molar-refractivity contribution in [3.05, 3.63) is 12.3 Å². The quantitative estimate of drug-likeness (QED) is 0.167. The molecule has 0 spiro atoms. The van der Waals surface area contributed by atoms with Gasteiger partial charge in [-0.2, -0.15) is 28.2 Å². The van der Waals surface area contributed by atoms with E-state index < -0.39 is 42.3 Å². The van der Waals surface area contributed by atoms with Crippen molar-refractivity contribution >= 4 is 7.32 Å². The molecule has 0 unspecified atom stereocenters. The van der Waals surface area contributed by atoms with Crippen LogP contribution >= 0.6 is 0 Å². The van der Waals surface area contributed by atoms with E-state index in [9.17, 15) is 35.2 Å². The monoisotopic (exact) mass is 356 g/mol. The van der Waals surface area contributed by atoms with Crippen LogP contribution in [0.3, 0.4) is 0 Å². The third-order valence-electron chi connectivity index (χ3n) is 1.62. The summed E-state index contributed by atoms with van der Waals surface area (Å²) in [6.45, 7) is -2.28. The van der Waals surface area contributed by atoms with Gasteiger partial charge in [-0.1, -0.05) is 0 Å². The van der Waals surface area contributed by atoms with Gasteiger partial charge in [0.15, 0.2) is 0 Å². The summed E-state index contributed by atoms with van der Waals surface area (Å²) in [6, 6.07) is -4.35. The Balaban J connectivity index is 0. The molecule has 0 aromatic rings. The van der Waals surface area contributed by atoms with E-state index in [2.05, 4.69) is 0 Å². The average molecular weight is 356 g/mol. The summed E-state index contributed by atoms with van der Waals surface area (Å²) in [5.41, 5.74) is 0. The summed E-state index contributed by atoms with van der Waals surface area (Å²) >= 11 is 0. The molecule has 15 heteroatoms. The molecule has 118 valence electrons. The number of hydrazine groups is 1. The van der Waals surface area contributed by atoms with E-state index in [0.29, 0.717) is 0 Å². The van der Waals surface area contributed by atoms with E-state index in [0.717, 1.165) is 6.08 Å². The van der Waals surface area contributed by atoms with E-state index >= 15 is 0 Å². The molecule has 1 heterocycles. The van der Waals surface area contributed by atoms with Crippen LogP contribution in [0.4, 0.5) is 35.2 Å². The van der Waals surface area contributed by atoms with Crippen molar-refractivity contribution in [1.82, 2.24) is 10.2 Å². The summed E-state index contributed by atoms with van der Waals surface area (Å²) in [5.74, 6) is -5.31. The van der Waals surface area contributed by atoms with Crippen LogP contribution in [0, 0.1) is 6.08 Å². The maximum atomic E-state index is 12.5. The molecular weight excluding hydrogens is 350 g/mol. The van der Waals surface area contributed by atoms with E-state index in [4.69, 9.17) is 15.1 Å². The minimum atomic E-state index is -5.94. The van der Waals surface area contributed by atoms with Crippen LogP contribution in [-0.2, 0) is 0 Å². The molecule has 0 aliphatic carbocycles. The molecule has 1 aliphatic rings. The molecule has 1 rings (SSSR count). The molecule has 0 amide bonds. The summed E-state index contributed by atoms with van der Waals surface area (Å²) < 4.78 is 96.8. The Labute approximate surface area is 155 Å². The Morgan fingerprint density at radius 2 is 1.48 bits per heavy atom. The van der Waals surface area contributed by atoms with E-state index in [1.54, 1.807) is 0 Å². The van der Waals surface area contributed by atoms with Gasteiger partial charge >= 0.3 is 70.8 Å². The van der Waals surface area contributed by atoms with Gasteiger partial charge < -0.3 is 26.2 Å². The Hall–Kier alpha value is 0.521. The summed E-state index contributed by atoms with van der Waals surface area (Å²) in [5, 5.41) is 19.3. The van der Waals surface area contributed by atoms with Gasteiger partial charge in [-0.05, 0) is 5.23 Å². The van der Waals surface area contributed by atoms with Crippen LogP contribution in [0.25, 0.3) is 0 Å². The number of rotatable bonds is 2. The van der Waals surface area contributed by atoms with E-state index in [1.165, 1.54) is 0 Å². The van der Waals surface area contributed by atoms with Gasteiger partial charge in [-0.3, -0.25) is 0 Å². The Morgan fingerprint density at radius 1 is 1.10 bits per heavy atom. The van der Waals surface area contributed by atoms with Crippen molar-refractivity contribution in [2.45, 2.75) is 18.1 Å². The van der Waals surface area contributed by atoms with Crippen LogP contribution in [0.15, 0.2) is 6.20 Å². The maximum absolute atomic E-state index is 12.5.